The third-order valence-electron chi connectivity index (χ3n) is 2.99. The van der Waals surface area contributed by atoms with Gasteiger partial charge in [0.1, 0.15) is 11.9 Å². The SMILES string of the molecule is CC.CC(C)c1cc(C(O)CO)cc(C(C)C)c1O. The highest BCUT2D eigenvalue weighted by Crippen LogP contribution is 2.36. The van der Waals surface area contributed by atoms with E-state index in [-0.39, 0.29) is 18.4 Å². The summed E-state index contributed by atoms with van der Waals surface area (Å²) in [5.41, 5.74) is 2.30. The third kappa shape index (κ3) is 4.51. The van der Waals surface area contributed by atoms with Crippen molar-refractivity contribution in [3.05, 3.63) is 28.8 Å². The monoisotopic (exact) mass is 268 g/mol. The zero-order valence-corrected chi connectivity index (χ0v) is 12.9. The first-order chi connectivity index (χ1) is 8.88. The van der Waals surface area contributed by atoms with Crippen molar-refractivity contribution in [1.82, 2.24) is 0 Å². The van der Waals surface area contributed by atoms with Crippen molar-refractivity contribution in [3.8, 4) is 5.75 Å². The second-order valence-electron chi connectivity index (χ2n) is 5.06. The molecule has 0 bridgehead atoms. The summed E-state index contributed by atoms with van der Waals surface area (Å²) in [6.45, 7) is 11.7. The molecule has 0 heterocycles. The van der Waals surface area contributed by atoms with E-state index in [0.29, 0.717) is 11.3 Å². The van der Waals surface area contributed by atoms with E-state index in [1.807, 2.05) is 41.5 Å². The van der Waals surface area contributed by atoms with Gasteiger partial charge in [-0.1, -0.05) is 41.5 Å². The largest absolute Gasteiger partial charge is 0.507 e. The Kier molecular flexibility index (Phi) is 7.72. The number of aromatic hydroxyl groups is 1. The summed E-state index contributed by atoms with van der Waals surface area (Å²) in [7, 11) is 0. The van der Waals surface area contributed by atoms with Gasteiger partial charge in [-0.2, -0.15) is 0 Å². The summed E-state index contributed by atoms with van der Waals surface area (Å²) >= 11 is 0. The van der Waals surface area contributed by atoms with Gasteiger partial charge < -0.3 is 15.3 Å². The number of hydrogen-bond donors (Lipinski definition) is 3. The minimum atomic E-state index is -0.884. The first-order valence-corrected chi connectivity index (χ1v) is 7.04. The van der Waals surface area contributed by atoms with E-state index in [0.717, 1.165) is 11.1 Å². The van der Waals surface area contributed by atoms with Gasteiger partial charge in [0.05, 0.1) is 6.61 Å². The lowest BCUT2D eigenvalue weighted by molar-refractivity contribution is 0.0954. The van der Waals surface area contributed by atoms with Crippen LogP contribution in [0, 0.1) is 0 Å². The third-order valence-corrected chi connectivity index (χ3v) is 2.99. The predicted octanol–water partition coefficient (Wildman–Crippen LogP) is 3.69. The van der Waals surface area contributed by atoms with Gasteiger partial charge in [0.15, 0.2) is 0 Å². The highest BCUT2D eigenvalue weighted by atomic mass is 16.3. The Bertz CT molecular complexity index is 355. The van der Waals surface area contributed by atoms with Crippen molar-refractivity contribution < 1.29 is 15.3 Å². The van der Waals surface area contributed by atoms with Crippen LogP contribution in [0.25, 0.3) is 0 Å². The molecule has 0 aliphatic heterocycles. The zero-order valence-electron chi connectivity index (χ0n) is 12.9. The van der Waals surface area contributed by atoms with Gasteiger partial charge in [-0.15, -0.1) is 0 Å². The van der Waals surface area contributed by atoms with Crippen molar-refractivity contribution in [2.45, 2.75) is 59.5 Å². The van der Waals surface area contributed by atoms with Crippen molar-refractivity contribution >= 4 is 0 Å². The lowest BCUT2D eigenvalue weighted by Crippen LogP contribution is -2.06. The summed E-state index contributed by atoms with van der Waals surface area (Å²) in [4.78, 5) is 0. The molecule has 0 amide bonds. The van der Waals surface area contributed by atoms with Crippen LogP contribution >= 0.6 is 0 Å². The molecule has 0 aliphatic carbocycles. The summed E-state index contributed by atoms with van der Waals surface area (Å²) in [5.74, 6) is 0.667. The van der Waals surface area contributed by atoms with Crippen LogP contribution < -0.4 is 0 Å². The Morgan fingerprint density at radius 1 is 0.947 bits per heavy atom. The normalized spacial score (nSPS) is 12.3. The van der Waals surface area contributed by atoms with E-state index in [9.17, 15) is 10.2 Å². The number of hydrogen-bond acceptors (Lipinski definition) is 3. The van der Waals surface area contributed by atoms with Gasteiger partial charge in [-0.05, 0) is 40.7 Å². The maximum absolute atomic E-state index is 10.2. The van der Waals surface area contributed by atoms with Crippen molar-refractivity contribution in [1.29, 1.82) is 0 Å². The Morgan fingerprint density at radius 3 is 1.58 bits per heavy atom. The highest BCUT2D eigenvalue weighted by Gasteiger charge is 2.17. The average Bonchev–Trinajstić information content (AvgIpc) is 2.39. The molecule has 3 heteroatoms. The average molecular weight is 268 g/mol. The van der Waals surface area contributed by atoms with Crippen LogP contribution in [0.15, 0.2) is 12.1 Å². The highest BCUT2D eigenvalue weighted by molar-refractivity contribution is 5.47. The fourth-order valence-electron chi connectivity index (χ4n) is 1.88. The first kappa shape index (κ1) is 17.9. The molecule has 0 fully saturated rings. The molecule has 1 aromatic carbocycles. The molecule has 0 saturated heterocycles. The maximum Gasteiger partial charge on any atom is 0.122 e. The lowest BCUT2D eigenvalue weighted by atomic mass is 9.90. The van der Waals surface area contributed by atoms with Crippen LogP contribution in [-0.2, 0) is 0 Å². The molecule has 1 aromatic rings. The molecule has 0 saturated carbocycles. The summed E-state index contributed by atoms with van der Waals surface area (Å²) in [5, 5.41) is 28.9. The van der Waals surface area contributed by atoms with Crippen molar-refractivity contribution in [3.63, 3.8) is 0 Å². The van der Waals surface area contributed by atoms with Crippen molar-refractivity contribution in [2.75, 3.05) is 6.61 Å². The van der Waals surface area contributed by atoms with E-state index in [4.69, 9.17) is 5.11 Å². The number of rotatable bonds is 4. The number of aliphatic hydroxyl groups excluding tert-OH is 2. The molecule has 0 spiro atoms. The molecule has 110 valence electrons. The summed E-state index contributed by atoms with van der Waals surface area (Å²) < 4.78 is 0. The molecule has 0 radical (unpaired) electrons. The number of phenolic OH excluding ortho intramolecular Hbond substituents is 1. The van der Waals surface area contributed by atoms with E-state index in [1.165, 1.54) is 0 Å². The zero-order chi connectivity index (χ0) is 15.2. The predicted molar refractivity (Wildman–Crippen MR) is 79.7 cm³/mol. The molecule has 0 aliphatic rings. The molecular formula is C16H28O3. The Hall–Kier alpha value is -1.06. The number of phenols is 1. The molecular weight excluding hydrogens is 240 g/mol. The smallest absolute Gasteiger partial charge is 0.122 e. The van der Waals surface area contributed by atoms with Gasteiger partial charge in [-0.25, -0.2) is 0 Å². The fraction of sp³-hybridized carbons (Fsp3) is 0.625. The summed E-state index contributed by atoms with van der Waals surface area (Å²) in [6, 6.07) is 3.54. The standard InChI is InChI=1S/C14H22O3.C2H6/c1-8(2)11-5-10(13(16)7-15)6-12(9(3)4)14(11)17;1-2/h5-6,8-9,13,15-17H,7H2,1-4H3;1-2H3. The number of aliphatic hydroxyl groups is 2. The van der Waals surface area contributed by atoms with Crippen LogP contribution in [-0.4, -0.2) is 21.9 Å². The summed E-state index contributed by atoms with van der Waals surface area (Å²) in [6.07, 6.45) is -0.884. The molecule has 1 rings (SSSR count). The minimum absolute atomic E-state index is 0.179. The first-order valence-electron chi connectivity index (χ1n) is 7.04. The van der Waals surface area contributed by atoms with E-state index < -0.39 is 6.10 Å². The second kappa shape index (κ2) is 8.18. The van der Waals surface area contributed by atoms with Crippen LogP contribution in [0.4, 0.5) is 0 Å². The molecule has 1 atom stereocenters. The minimum Gasteiger partial charge on any atom is -0.507 e. The van der Waals surface area contributed by atoms with E-state index >= 15 is 0 Å². The molecule has 3 N–H and O–H groups in total. The Morgan fingerprint density at radius 2 is 1.32 bits per heavy atom. The lowest BCUT2D eigenvalue weighted by Gasteiger charge is -2.19. The molecule has 19 heavy (non-hydrogen) atoms. The van der Waals surface area contributed by atoms with E-state index in [2.05, 4.69) is 0 Å². The van der Waals surface area contributed by atoms with Gasteiger partial charge in [0.25, 0.3) is 0 Å². The van der Waals surface area contributed by atoms with Crippen LogP contribution in [0.1, 0.15) is 76.2 Å². The Balaban J connectivity index is 0.00000154. The number of benzene rings is 1. The second-order valence-corrected chi connectivity index (χ2v) is 5.06. The van der Waals surface area contributed by atoms with Crippen LogP contribution in [0.5, 0.6) is 5.75 Å². The fourth-order valence-corrected chi connectivity index (χ4v) is 1.88. The van der Waals surface area contributed by atoms with Gasteiger partial charge >= 0.3 is 0 Å². The van der Waals surface area contributed by atoms with Gasteiger partial charge in [-0.3, -0.25) is 0 Å². The molecule has 1 unspecified atom stereocenters. The molecule has 0 aromatic heterocycles. The quantitative estimate of drug-likeness (QED) is 0.780. The Labute approximate surface area is 116 Å². The maximum atomic E-state index is 10.2. The molecule has 3 nitrogen and oxygen atoms in total. The van der Waals surface area contributed by atoms with Gasteiger partial charge in [0, 0.05) is 0 Å². The van der Waals surface area contributed by atoms with Crippen LogP contribution in [0.2, 0.25) is 0 Å². The van der Waals surface area contributed by atoms with Crippen molar-refractivity contribution in [2.24, 2.45) is 0 Å². The topological polar surface area (TPSA) is 60.7 Å². The van der Waals surface area contributed by atoms with Gasteiger partial charge in [0.2, 0.25) is 0 Å². The van der Waals surface area contributed by atoms with E-state index in [1.54, 1.807) is 12.1 Å². The van der Waals surface area contributed by atoms with Crippen LogP contribution in [0.3, 0.4) is 0 Å².